The maximum Gasteiger partial charge on any atom is 0.308 e. The van der Waals surface area contributed by atoms with Crippen LogP contribution in [-0.2, 0) is 16.0 Å². The first-order chi connectivity index (χ1) is 9.90. The van der Waals surface area contributed by atoms with Crippen molar-refractivity contribution in [1.82, 2.24) is 5.32 Å². The summed E-state index contributed by atoms with van der Waals surface area (Å²) in [4.78, 5) is 23.5. The van der Waals surface area contributed by atoms with Gasteiger partial charge in [0, 0.05) is 12.0 Å². The second-order valence-electron chi connectivity index (χ2n) is 6.35. The van der Waals surface area contributed by atoms with E-state index in [1.807, 2.05) is 38.1 Å². The Morgan fingerprint density at radius 2 is 2.10 bits per heavy atom. The summed E-state index contributed by atoms with van der Waals surface area (Å²) in [5.41, 5.74) is 1.82. The van der Waals surface area contributed by atoms with Crippen molar-refractivity contribution in [3.05, 3.63) is 35.4 Å². The number of carbonyl (C=O) groups excluding carboxylic acids is 1. The van der Waals surface area contributed by atoms with E-state index in [1.165, 1.54) is 0 Å². The van der Waals surface area contributed by atoms with E-state index >= 15 is 0 Å². The number of aryl methyl sites for hydroxylation is 1. The van der Waals surface area contributed by atoms with Gasteiger partial charge in [-0.2, -0.15) is 0 Å². The average molecular weight is 289 g/mol. The second kappa shape index (κ2) is 6.29. The Morgan fingerprint density at radius 3 is 2.62 bits per heavy atom. The Bertz CT molecular complexity index is 535. The van der Waals surface area contributed by atoms with Crippen LogP contribution in [0.1, 0.15) is 37.3 Å². The number of rotatable bonds is 6. The Morgan fingerprint density at radius 1 is 1.38 bits per heavy atom. The summed E-state index contributed by atoms with van der Waals surface area (Å²) in [6.07, 6.45) is 3.31. The molecule has 1 aliphatic rings. The molecule has 1 atom stereocenters. The first kappa shape index (κ1) is 15.5. The van der Waals surface area contributed by atoms with Gasteiger partial charge in [0.25, 0.3) is 0 Å². The van der Waals surface area contributed by atoms with Crippen molar-refractivity contribution < 1.29 is 14.7 Å². The smallest absolute Gasteiger partial charge is 0.308 e. The van der Waals surface area contributed by atoms with E-state index in [-0.39, 0.29) is 17.9 Å². The third kappa shape index (κ3) is 3.84. The number of amides is 1. The van der Waals surface area contributed by atoms with Gasteiger partial charge in [-0.15, -0.1) is 0 Å². The lowest BCUT2D eigenvalue weighted by molar-refractivity contribution is -0.142. The van der Waals surface area contributed by atoms with E-state index in [9.17, 15) is 14.7 Å². The topological polar surface area (TPSA) is 66.4 Å². The van der Waals surface area contributed by atoms with Crippen LogP contribution < -0.4 is 5.32 Å². The van der Waals surface area contributed by atoms with Crippen LogP contribution >= 0.6 is 0 Å². The van der Waals surface area contributed by atoms with Crippen molar-refractivity contribution >= 4 is 11.9 Å². The molecule has 1 amide bonds. The number of benzene rings is 1. The molecule has 1 aliphatic carbocycles. The quantitative estimate of drug-likeness (QED) is 0.845. The third-order valence-corrected chi connectivity index (χ3v) is 4.43. The molecule has 1 aromatic carbocycles. The first-order valence-corrected chi connectivity index (χ1v) is 7.47. The molecule has 21 heavy (non-hydrogen) atoms. The van der Waals surface area contributed by atoms with Crippen LogP contribution in [0.25, 0.3) is 0 Å². The number of carboxylic acids is 1. The van der Waals surface area contributed by atoms with Crippen molar-refractivity contribution in [1.29, 1.82) is 0 Å². The second-order valence-corrected chi connectivity index (χ2v) is 6.35. The van der Waals surface area contributed by atoms with Gasteiger partial charge >= 0.3 is 5.97 Å². The van der Waals surface area contributed by atoms with E-state index in [1.54, 1.807) is 0 Å². The van der Waals surface area contributed by atoms with E-state index in [2.05, 4.69) is 5.32 Å². The molecule has 0 bridgehead atoms. The Hall–Kier alpha value is -1.84. The summed E-state index contributed by atoms with van der Waals surface area (Å²) in [7, 11) is 0. The fourth-order valence-electron chi connectivity index (χ4n) is 2.73. The summed E-state index contributed by atoms with van der Waals surface area (Å²) in [5, 5.41) is 12.2. The number of hydrogen-bond acceptors (Lipinski definition) is 2. The van der Waals surface area contributed by atoms with Gasteiger partial charge in [0.1, 0.15) is 0 Å². The maximum absolute atomic E-state index is 12.1. The maximum atomic E-state index is 12.1. The molecule has 0 aromatic heterocycles. The van der Waals surface area contributed by atoms with Gasteiger partial charge in [0.2, 0.25) is 5.91 Å². The van der Waals surface area contributed by atoms with Gasteiger partial charge in [0.15, 0.2) is 0 Å². The minimum absolute atomic E-state index is 0.00996. The van der Waals surface area contributed by atoms with Crippen LogP contribution in [0.2, 0.25) is 0 Å². The minimum Gasteiger partial charge on any atom is -0.481 e. The predicted octanol–water partition coefficient (Wildman–Crippen LogP) is 2.54. The lowest BCUT2D eigenvalue weighted by Gasteiger charge is -2.36. The number of hydrogen-bond donors (Lipinski definition) is 2. The summed E-state index contributed by atoms with van der Waals surface area (Å²) < 4.78 is 0. The van der Waals surface area contributed by atoms with Gasteiger partial charge in [0.05, 0.1) is 5.92 Å². The normalized spacial score (nSPS) is 17.6. The first-order valence-electron chi connectivity index (χ1n) is 7.47. The highest BCUT2D eigenvalue weighted by atomic mass is 16.4. The number of carboxylic acid groups (broad SMARTS) is 1. The summed E-state index contributed by atoms with van der Waals surface area (Å²) in [6, 6.07) is 7.83. The molecular formula is C17H23NO3. The largest absolute Gasteiger partial charge is 0.481 e. The zero-order chi connectivity index (χ0) is 15.5. The molecule has 1 aromatic rings. The molecule has 114 valence electrons. The van der Waals surface area contributed by atoms with Crippen molar-refractivity contribution in [2.45, 2.75) is 39.5 Å². The predicted molar refractivity (Wildman–Crippen MR) is 81.0 cm³/mol. The van der Waals surface area contributed by atoms with E-state index in [0.717, 1.165) is 30.4 Å². The van der Waals surface area contributed by atoms with E-state index in [4.69, 9.17) is 0 Å². The number of aliphatic carboxylic acids is 1. The molecule has 2 rings (SSSR count). The van der Waals surface area contributed by atoms with Crippen LogP contribution in [0, 0.1) is 18.3 Å². The number of nitrogens with one attached hydrogen (secondary N) is 1. The van der Waals surface area contributed by atoms with Crippen LogP contribution in [0.3, 0.4) is 0 Å². The van der Waals surface area contributed by atoms with Crippen molar-refractivity contribution in [2.24, 2.45) is 11.3 Å². The van der Waals surface area contributed by atoms with Crippen LogP contribution in [0.15, 0.2) is 24.3 Å². The lowest BCUT2D eigenvalue weighted by Crippen LogP contribution is -2.46. The van der Waals surface area contributed by atoms with E-state index in [0.29, 0.717) is 6.42 Å². The molecule has 0 aliphatic heterocycles. The third-order valence-electron chi connectivity index (χ3n) is 4.43. The Labute approximate surface area is 125 Å². The minimum atomic E-state index is -0.865. The summed E-state index contributed by atoms with van der Waals surface area (Å²) >= 11 is 0. The fraction of sp³-hybridized carbons (Fsp3) is 0.529. The molecule has 0 heterocycles. The molecule has 1 saturated carbocycles. The average Bonchev–Trinajstić information content (AvgIpc) is 2.40. The molecule has 2 N–H and O–H groups in total. The highest BCUT2D eigenvalue weighted by molar-refractivity contribution is 5.83. The van der Waals surface area contributed by atoms with Crippen molar-refractivity contribution in [3.8, 4) is 0 Å². The SMILES string of the molecule is Cc1cccc(CC(CNC(=O)C2(C)CCC2)C(=O)O)c1. The van der Waals surface area contributed by atoms with Crippen LogP contribution in [-0.4, -0.2) is 23.5 Å². The number of carbonyl (C=O) groups is 2. The van der Waals surface area contributed by atoms with E-state index < -0.39 is 11.9 Å². The molecule has 4 nitrogen and oxygen atoms in total. The molecular weight excluding hydrogens is 266 g/mol. The van der Waals surface area contributed by atoms with Gasteiger partial charge in [-0.1, -0.05) is 43.2 Å². The molecule has 1 unspecified atom stereocenters. The Balaban J connectivity index is 1.93. The molecule has 0 spiro atoms. The highest BCUT2D eigenvalue weighted by Gasteiger charge is 2.39. The molecule has 0 radical (unpaired) electrons. The Kier molecular flexibility index (Phi) is 4.66. The van der Waals surface area contributed by atoms with Crippen LogP contribution in [0.5, 0.6) is 0 Å². The van der Waals surface area contributed by atoms with Crippen molar-refractivity contribution in [2.75, 3.05) is 6.54 Å². The standard InChI is InChI=1S/C17H23NO3/c1-12-5-3-6-13(9-12)10-14(15(19)20)11-18-16(21)17(2)7-4-8-17/h3,5-6,9,14H,4,7-8,10-11H2,1-2H3,(H,18,21)(H,19,20). The fourth-order valence-corrected chi connectivity index (χ4v) is 2.73. The van der Waals surface area contributed by atoms with Gasteiger partial charge < -0.3 is 10.4 Å². The zero-order valence-corrected chi connectivity index (χ0v) is 12.7. The highest BCUT2D eigenvalue weighted by Crippen LogP contribution is 2.40. The van der Waals surface area contributed by atoms with Gasteiger partial charge in [-0.25, -0.2) is 0 Å². The lowest BCUT2D eigenvalue weighted by atomic mass is 9.70. The molecule has 1 fully saturated rings. The molecule has 4 heteroatoms. The van der Waals surface area contributed by atoms with Gasteiger partial charge in [-0.3, -0.25) is 9.59 Å². The monoisotopic (exact) mass is 289 g/mol. The summed E-state index contributed by atoms with van der Waals surface area (Å²) in [6.45, 7) is 4.12. The molecule has 0 saturated heterocycles. The zero-order valence-electron chi connectivity index (χ0n) is 12.7. The van der Waals surface area contributed by atoms with Crippen LogP contribution in [0.4, 0.5) is 0 Å². The van der Waals surface area contributed by atoms with Gasteiger partial charge in [-0.05, 0) is 31.7 Å². The summed E-state index contributed by atoms with van der Waals surface area (Å²) in [5.74, 6) is -1.46. The van der Waals surface area contributed by atoms with Crippen molar-refractivity contribution in [3.63, 3.8) is 0 Å².